The lowest BCUT2D eigenvalue weighted by Crippen LogP contribution is -2.30. The highest BCUT2D eigenvalue weighted by atomic mass is 35.5. The third kappa shape index (κ3) is 4.58. The fourth-order valence-electron chi connectivity index (χ4n) is 3.00. The Morgan fingerprint density at radius 2 is 1.67 bits per heavy atom. The molecule has 0 radical (unpaired) electrons. The third-order valence-electron chi connectivity index (χ3n) is 4.71. The first-order valence-corrected chi connectivity index (χ1v) is 9.91. The van der Waals surface area contributed by atoms with Crippen LogP contribution in [0.15, 0.2) is 60.9 Å². The first kappa shape index (κ1) is 19.8. The van der Waals surface area contributed by atoms with Crippen LogP contribution in [0.5, 0.6) is 5.75 Å². The van der Waals surface area contributed by atoms with Gasteiger partial charge in [0, 0.05) is 35.9 Å². The molecule has 4 rings (SSSR count). The zero-order valence-electron chi connectivity index (χ0n) is 16.3. The van der Waals surface area contributed by atoms with Crippen molar-refractivity contribution < 1.29 is 14.3 Å². The molecule has 154 valence electrons. The maximum atomic E-state index is 12.8. The Morgan fingerprint density at radius 3 is 2.27 bits per heavy atom. The maximum absolute atomic E-state index is 12.8. The molecule has 3 aromatic rings. The second kappa shape index (κ2) is 8.51. The van der Waals surface area contributed by atoms with Crippen molar-refractivity contribution in [3.63, 3.8) is 0 Å². The van der Waals surface area contributed by atoms with Crippen molar-refractivity contribution >= 4 is 34.9 Å². The van der Waals surface area contributed by atoms with Gasteiger partial charge in [0.05, 0.1) is 23.4 Å². The molecular formula is C22H21ClN4O3. The van der Waals surface area contributed by atoms with E-state index < -0.39 is 0 Å². The molecule has 1 aliphatic rings. The van der Waals surface area contributed by atoms with Gasteiger partial charge >= 0.3 is 6.03 Å². The van der Waals surface area contributed by atoms with E-state index >= 15 is 0 Å². The van der Waals surface area contributed by atoms with Gasteiger partial charge in [0.2, 0.25) is 0 Å². The largest absolute Gasteiger partial charge is 0.496 e. The quantitative estimate of drug-likeness (QED) is 0.537. The number of rotatable bonds is 6. The molecule has 3 N–H and O–H groups in total. The predicted octanol–water partition coefficient (Wildman–Crippen LogP) is 4.68. The minimum Gasteiger partial charge on any atom is -0.496 e. The lowest BCUT2D eigenvalue weighted by molar-refractivity contribution is 0.102. The van der Waals surface area contributed by atoms with Crippen molar-refractivity contribution in [1.82, 2.24) is 9.88 Å². The topological polar surface area (TPSA) is 84.4 Å². The number of carbonyl (C=O) groups is 2. The second-order valence-electron chi connectivity index (χ2n) is 7.00. The van der Waals surface area contributed by atoms with Crippen LogP contribution in [0.1, 0.15) is 23.2 Å². The Kier molecular flexibility index (Phi) is 5.63. The molecule has 7 nitrogen and oxygen atoms in total. The van der Waals surface area contributed by atoms with Crippen LogP contribution in [0.25, 0.3) is 5.69 Å². The fraction of sp³-hybridized carbons (Fsp3) is 0.182. The normalized spacial score (nSPS) is 12.9. The average molecular weight is 425 g/mol. The van der Waals surface area contributed by atoms with Crippen molar-refractivity contribution in [1.29, 1.82) is 0 Å². The van der Waals surface area contributed by atoms with Gasteiger partial charge in [0.15, 0.2) is 0 Å². The van der Waals surface area contributed by atoms with E-state index in [0.29, 0.717) is 27.7 Å². The van der Waals surface area contributed by atoms with Gasteiger partial charge in [-0.15, -0.1) is 0 Å². The molecule has 0 atom stereocenters. The van der Waals surface area contributed by atoms with E-state index in [2.05, 4.69) is 16.0 Å². The first-order chi connectivity index (χ1) is 14.5. The highest BCUT2D eigenvalue weighted by molar-refractivity contribution is 6.33. The second-order valence-corrected chi connectivity index (χ2v) is 7.41. The maximum Gasteiger partial charge on any atom is 0.319 e. The van der Waals surface area contributed by atoms with Crippen LogP contribution in [-0.2, 0) is 0 Å². The third-order valence-corrected chi connectivity index (χ3v) is 5.01. The Morgan fingerprint density at radius 1 is 1.03 bits per heavy atom. The van der Waals surface area contributed by atoms with Crippen LogP contribution in [0, 0.1) is 0 Å². The molecular weight excluding hydrogens is 404 g/mol. The van der Waals surface area contributed by atoms with Gasteiger partial charge in [-0.1, -0.05) is 11.6 Å². The highest BCUT2D eigenvalue weighted by Gasteiger charge is 2.23. The van der Waals surface area contributed by atoms with E-state index in [9.17, 15) is 9.59 Å². The summed E-state index contributed by atoms with van der Waals surface area (Å²) in [5.41, 5.74) is 2.27. The minimum atomic E-state index is -0.347. The van der Waals surface area contributed by atoms with Crippen molar-refractivity contribution in [3.8, 4) is 11.4 Å². The predicted molar refractivity (Wildman–Crippen MR) is 117 cm³/mol. The Hall–Kier alpha value is -3.45. The number of urea groups is 1. The van der Waals surface area contributed by atoms with Crippen LogP contribution in [0.3, 0.4) is 0 Å². The van der Waals surface area contributed by atoms with Crippen molar-refractivity contribution in [2.45, 2.75) is 18.9 Å². The number of hydrogen-bond donors (Lipinski definition) is 3. The van der Waals surface area contributed by atoms with Gasteiger partial charge in [-0.3, -0.25) is 4.79 Å². The SMILES string of the molecule is COc1cc(-n2cccc2)c(Cl)cc1C(=O)Nc1ccc(NC(=O)NC2CC2)cc1. The molecule has 0 aliphatic heterocycles. The summed E-state index contributed by atoms with van der Waals surface area (Å²) in [7, 11) is 1.51. The smallest absolute Gasteiger partial charge is 0.319 e. The summed E-state index contributed by atoms with van der Waals surface area (Å²) in [6.45, 7) is 0. The van der Waals surface area contributed by atoms with E-state index in [1.165, 1.54) is 7.11 Å². The zero-order valence-corrected chi connectivity index (χ0v) is 17.1. The van der Waals surface area contributed by atoms with Crippen LogP contribution < -0.4 is 20.7 Å². The number of methoxy groups -OCH3 is 1. The highest BCUT2D eigenvalue weighted by Crippen LogP contribution is 2.30. The van der Waals surface area contributed by atoms with Gasteiger partial charge in [-0.25, -0.2) is 4.79 Å². The molecule has 0 saturated heterocycles. The lowest BCUT2D eigenvalue weighted by atomic mass is 10.1. The Labute approximate surface area is 179 Å². The molecule has 0 spiro atoms. The molecule has 0 unspecified atom stereocenters. The van der Waals surface area contributed by atoms with Crippen LogP contribution >= 0.6 is 11.6 Å². The number of benzene rings is 2. The van der Waals surface area contributed by atoms with Gasteiger partial charge in [-0.2, -0.15) is 0 Å². The van der Waals surface area contributed by atoms with Crippen LogP contribution in [-0.4, -0.2) is 29.7 Å². The summed E-state index contributed by atoms with van der Waals surface area (Å²) in [4.78, 5) is 24.6. The van der Waals surface area contributed by atoms with Gasteiger partial charge in [0.25, 0.3) is 5.91 Å². The van der Waals surface area contributed by atoms with Gasteiger partial charge in [0.1, 0.15) is 5.75 Å². The first-order valence-electron chi connectivity index (χ1n) is 9.53. The van der Waals surface area contributed by atoms with Gasteiger partial charge < -0.3 is 25.3 Å². The van der Waals surface area contributed by atoms with E-state index in [1.54, 1.807) is 36.4 Å². The molecule has 1 saturated carbocycles. The summed E-state index contributed by atoms with van der Waals surface area (Å²) in [5.74, 6) is 0.0654. The molecule has 1 fully saturated rings. The molecule has 2 aromatic carbocycles. The average Bonchev–Trinajstić information content (AvgIpc) is 3.37. The Balaban J connectivity index is 1.46. The molecule has 1 aliphatic carbocycles. The van der Waals surface area contributed by atoms with E-state index in [-0.39, 0.29) is 18.0 Å². The lowest BCUT2D eigenvalue weighted by Gasteiger charge is -2.14. The van der Waals surface area contributed by atoms with E-state index in [1.807, 2.05) is 29.1 Å². The summed E-state index contributed by atoms with van der Waals surface area (Å²) in [6, 6.07) is 14.0. The van der Waals surface area contributed by atoms with Crippen molar-refractivity contribution in [2.24, 2.45) is 0 Å². The van der Waals surface area contributed by atoms with Crippen molar-refractivity contribution in [2.75, 3.05) is 17.7 Å². The Bertz CT molecular complexity index is 1060. The number of aromatic nitrogens is 1. The van der Waals surface area contributed by atoms with E-state index in [4.69, 9.17) is 16.3 Å². The summed E-state index contributed by atoms with van der Waals surface area (Å²) < 4.78 is 7.26. The molecule has 3 amide bonds. The number of anilines is 2. The fourth-order valence-corrected chi connectivity index (χ4v) is 3.26. The number of amides is 3. The minimum absolute atomic E-state index is 0.226. The molecule has 1 heterocycles. The molecule has 30 heavy (non-hydrogen) atoms. The number of nitrogens with one attached hydrogen (secondary N) is 3. The van der Waals surface area contributed by atoms with Crippen LogP contribution in [0.4, 0.5) is 16.2 Å². The number of hydrogen-bond acceptors (Lipinski definition) is 3. The summed E-state index contributed by atoms with van der Waals surface area (Å²) in [6.07, 6.45) is 5.78. The molecule has 0 bridgehead atoms. The number of carbonyl (C=O) groups excluding carboxylic acids is 2. The molecule has 1 aromatic heterocycles. The van der Waals surface area contributed by atoms with Crippen molar-refractivity contribution in [3.05, 3.63) is 71.5 Å². The molecule has 8 heteroatoms. The zero-order chi connectivity index (χ0) is 21.1. The van der Waals surface area contributed by atoms with E-state index in [0.717, 1.165) is 18.5 Å². The monoisotopic (exact) mass is 424 g/mol. The van der Waals surface area contributed by atoms with Gasteiger partial charge in [-0.05, 0) is 55.3 Å². The summed E-state index contributed by atoms with van der Waals surface area (Å²) in [5, 5.41) is 8.88. The number of nitrogens with zero attached hydrogens (tertiary/aromatic N) is 1. The number of ether oxygens (including phenoxy) is 1. The summed E-state index contributed by atoms with van der Waals surface area (Å²) >= 11 is 6.40. The number of halogens is 1. The van der Waals surface area contributed by atoms with Crippen LogP contribution in [0.2, 0.25) is 5.02 Å². The standard InChI is InChI=1S/C22H21ClN4O3/c1-30-20-13-19(27-10-2-3-11-27)18(23)12-17(20)21(28)24-14-4-6-15(7-5-14)25-22(29)26-16-8-9-16/h2-7,10-13,16H,8-9H2,1H3,(H,24,28)(H2,25,26,29).